The van der Waals surface area contributed by atoms with Crippen LogP contribution in [0.2, 0.25) is 0 Å². The highest BCUT2D eigenvalue weighted by atomic mass is 19.1. The summed E-state index contributed by atoms with van der Waals surface area (Å²) in [6, 6.07) is 27.5. The number of hydrogen-bond donors (Lipinski definition) is 0. The Kier molecular flexibility index (Phi) is 8.63. The highest BCUT2D eigenvalue weighted by molar-refractivity contribution is 5.89. The number of amides is 1. The molecule has 0 aromatic heterocycles. The number of halogens is 1. The first-order valence-corrected chi connectivity index (χ1v) is 13.7. The molecule has 0 saturated heterocycles. The fourth-order valence-corrected chi connectivity index (χ4v) is 5.05. The molecule has 0 N–H and O–H groups in total. The second-order valence-corrected chi connectivity index (χ2v) is 9.92. The number of benzene rings is 4. The van der Waals surface area contributed by atoms with Crippen LogP contribution in [-0.4, -0.2) is 29.4 Å². The number of ether oxygens (including phenoxy) is 3. The smallest absolute Gasteiger partial charge is 0.329 e. The number of rotatable bonds is 9. The summed E-state index contributed by atoms with van der Waals surface area (Å²) in [5.74, 6) is -0.233. The summed E-state index contributed by atoms with van der Waals surface area (Å²) in [5, 5.41) is 0. The molecule has 6 nitrogen and oxygen atoms in total. The maximum Gasteiger partial charge on any atom is 0.329 e. The van der Waals surface area contributed by atoms with E-state index in [-0.39, 0.29) is 19.6 Å². The van der Waals surface area contributed by atoms with Gasteiger partial charge in [-0.1, -0.05) is 72.8 Å². The van der Waals surface area contributed by atoms with Crippen molar-refractivity contribution in [3.05, 3.63) is 131 Å². The number of aryl methyl sites for hydroxylation is 1. The average molecular weight is 554 g/mol. The SMILES string of the molecule is CCOC(=O)[C@@H]1Cc2c(ccc(C)c2OCc2ccccc2)CN1C(=O)[C@@H](Oc1ccc(F)cc1)c1ccccc1. The van der Waals surface area contributed by atoms with Gasteiger partial charge in [0.05, 0.1) is 6.61 Å². The Morgan fingerprint density at radius 2 is 1.61 bits per heavy atom. The van der Waals surface area contributed by atoms with Gasteiger partial charge in [0, 0.05) is 24.1 Å². The van der Waals surface area contributed by atoms with Crippen LogP contribution in [0.15, 0.2) is 97.1 Å². The van der Waals surface area contributed by atoms with Gasteiger partial charge in [0.2, 0.25) is 6.10 Å². The summed E-state index contributed by atoms with van der Waals surface area (Å²) < 4.78 is 31.4. The Morgan fingerprint density at radius 1 is 0.927 bits per heavy atom. The number of fused-ring (bicyclic) bond motifs is 1. The molecule has 0 fully saturated rings. The largest absolute Gasteiger partial charge is 0.488 e. The molecule has 5 rings (SSSR count). The van der Waals surface area contributed by atoms with Crippen molar-refractivity contribution >= 4 is 11.9 Å². The molecule has 1 amide bonds. The molecular weight excluding hydrogens is 521 g/mol. The molecule has 2 atom stereocenters. The van der Waals surface area contributed by atoms with Crippen LogP contribution in [0.25, 0.3) is 0 Å². The van der Waals surface area contributed by atoms with Gasteiger partial charge in [-0.25, -0.2) is 9.18 Å². The molecule has 4 aromatic rings. The molecule has 0 bridgehead atoms. The van der Waals surface area contributed by atoms with Crippen molar-refractivity contribution in [2.45, 2.75) is 45.6 Å². The summed E-state index contributed by atoms with van der Waals surface area (Å²) in [7, 11) is 0. The normalized spacial score (nSPS) is 15.0. The van der Waals surface area contributed by atoms with E-state index < -0.39 is 29.8 Å². The molecule has 4 aromatic carbocycles. The molecule has 0 radical (unpaired) electrons. The Hall–Kier alpha value is -4.65. The van der Waals surface area contributed by atoms with Crippen LogP contribution in [0, 0.1) is 12.7 Å². The van der Waals surface area contributed by atoms with Crippen molar-refractivity contribution in [2.75, 3.05) is 6.61 Å². The van der Waals surface area contributed by atoms with Crippen molar-refractivity contribution in [1.29, 1.82) is 0 Å². The van der Waals surface area contributed by atoms with Gasteiger partial charge < -0.3 is 19.1 Å². The molecule has 1 heterocycles. The average Bonchev–Trinajstić information content (AvgIpc) is 3.00. The minimum Gasteiger partial charge on any atom is -0.488 e. The molecule has 0 unspecified atom stereocenters. The second-order valence-electron chi connectivity index (χ2n) is 9.92. The predicted octanol–water partition coefficient (Wildman–Crippen LogP) is 6.35. The van der Waals surface area contributed by atoms with Crippen LogP contribution in [0.4, 0.5) is 4.39 Å². The molecule has 1 aliphatic heterocycles. The minimum absolute atomic E-state index is 0.176. The summed E-state index contributed by atoms with van der Waals surface area (Å²) in [5.41, 5.74) is 4.37. The summed E-state index contributed by atoms with van der Waals surface area (Å²) in [4.78, 5) is 29.1. The second kappa shape index (κ2) is 12.7. The molecule has 7 heteroatoms. The standard InChI is InChI=1S/C34H32FNO5/c1-3-39-34(38)30-20-29-26(15-14-23(2)31(29)40-22-24-10-6-4-7-11-24)21-36(30)33(37)32(25-12-8-5-9-13-25)41-28-18-16-27(35)17-19-28/h4-19,30,32H,3,20-22H2,1-2H3/t30-,32-/m0/s1. The number of esters is 1. The van der Waals surface area contributed by atoms with Crippen molar-refractivity contribution in [1.82, 2.24) is 4.90 Å². The summed E-state index contributed by atoms with van der Waals surface area (Å²) in [6.07, 6.45) is -0.816. The van der Waals surface area contributed by atoms with E-state index in [1.54, 1.807) is 19.1 Å². The van der Waals surface area contributed by atoms with Crippen molar-refractivity contribution in [2.24, 2.45) is 0 Å². The van der Waals surface area contributed by atoms with E-state index in [9.17, 15) is 14.0 Å². The van der Waals surface area contributed by atoms with E-state index in [1.165, 1.54) is 29.2 Å². The fourth-order valence-electron chi connectivity index (χ4n) is 5.05. The number of carbonyl (C=O) groups is 2. The van der Waals surface area contributed by atoms with E-state index in [2.05, 4.69) is 0 Å². The number of nitrogens with zero attached hydrogens (tertiary/aromatic N) is 1. The quantitative estimate of drug-likeness (QED) is 0.226. The van der Waals surface area contributed by atoms with Gasteiger partial charge in [-0.3, -0.25) is 4.79 Å². The predicted molar refractivity (Wildman–Crippen MR) is 153 cm³/mol. The molecule has 0 aliphatic carbocycles. The molecule has 0 spiro atoms. The molecule has 41 heavy (non-hydrogen) atoms. The van der Waals surface area contributed by atoms with Crippen LogP contribution < -0.4 is 9.47 Å². The number of carbonyl (C=O) groups excluding carboxylic acids is 2. The lowest BCUT2D eigenvalue weighted by Crippen LogP contribution is -2.51. The highest BCUT2D eigenvalue weighted by Crippen LogP contribution is 2.36. The third-order valence-corrected chi connectivity index (χ3v) is 7.13. The summed E-state index contributed by atoms with van der Waals surface area (Å²) in [6.45, 7) is 4.45. The first-order chi connectivity index (χ1) is 19.9. The monoisotopic (exact) mass is 553 g/mol. The first kappa shape index (κ1) is 27.9. The van der Waals surface area contributed by atoms with E-state index in [1.807, 2.05) is 67.6 Å². The van der Waals surface area contributed by atoms with E-state index >= 15 is 0 Å². The minimum atomic E-state index is -1.06. The maximum absolute atomic E-state index is 14.2. The first-order valence-electron chi connectivity index (χ1n) is 13.7. The van der Waals surface area contributed by atoms with Crippen molar-refractivity contribution in [3.8, 4) is 11.5 Å². The van der Waals surface area contributed by atoms with Gasteiger partial charge in [0.25, 0.3) is 5.91 Å². The van der Waals surface area contributed by atoms with E-state index in [4.69, 9.17) is 14.2 Å². The molecular formula is C34H32FNO5. The number of hydrogen-bond acceptors (Lipinski definition) is 5. The van der Waals surface area contributed by atoms with E-state index in [0.717, 1.165) is 28.0 Å². The van der Waals surface area contributed by atoms with Crippen molar-refractivity contribution < 1.29 is 28.2 Å². The van der Waals surface area contributed by atoms with Crippen LogP contribution >= 0.6 is 0 Å². The van der Waals surface area contributed by atoms with Crippen LogP contribution in [-0.2, 0) is 33.9 Å². The zero-order chi connectivity index (χ0) is 28.8. The lowest BCUT2D eigenvalue weighted by atomic mass is 9.90. The Morgan fingerprint density at radius 3 is 2.29 bits per heavy atom. The Balaban J connectivity index is 1.49. The maximum atomic E-state index is 14.2. The third kappa shape index (κ3) is 6.40. The summed E-state index contributed by atoms with van der Waals surface area (Å²) >= 11 is 0. The zero-order valence-electron chi connectivity index (χ0n) is 23.1. The highest BCUT2D eigenvalue weighted by Gasteiger charge is 2.41. The van der Waals surface area contributed by atoms with Crippen LogP contribution in [0.3, 0.4) is 0 Å². The van der Waals surface area contributed by atoms with Gasteiger partial charge >= 0.3 is 5.97 Å². The van der Waals surface area contributed by atoms with Gasteiger partial charge in [-0.05, 0) is 54.8 Å². The van der Waals surface area contributed by atoms with Crippen LogP contribution in [0.1, 0.15) is 40.8 Å². The molecule has 210 valence electrons. The molecule has 0 saturated carbocycles. The van der Waals surface area contributed by atoms with E-state index in [0.29, 0.717) is 17.9 Å². The van der Waals surface area contributed by atoms with Crippen LogP contribution in [0.5, 0.6) is 11.5 Å². The third-order valence-electron chi connectivity index (χ3n) is 7.13. The van der Waals surface area contributed by atoms with Gasteiger partial charge in [-0.15, -0.1) is 0 Å². The molecule has 1 aliphatic rings. The van der Waals surface area contributed by atoms with Crippen molar-refractivity contribution in [3.63, 3.8) is 0 Å². The Labute approximate surface area is 239 Å². The lowest BCUT2D eigenvalue weighted by Gasteiger charge is -2.38. The van der Waals surface area contributed by atoms with Gasteiger partial charge in [0.15, 0.2) is 0 Å². The van der Waals surface area contributed by atoms with Gasteiger partial charge in [-0.2, -0.15) is 0 Å². The zero-order valence-corrected chi connectivity index (χ0v) is 23.1. The van der Waals surface area contributed by atoms with Gasteiger partial charge in [0.1, 0.15) is 30.0 Å². The Bertz CT molecular complexity index is 1490. The fraction of sp³-hybridized carbons (Fsp3) is 0.235. The topological polar surface area (TPSA) is 65.1 Å². The lowest BCUT2D eigenvalue weighted by molar-refractivity contribution is -0.158.